The molecule has 0 saturated carbocycles. The van der Waals surface area contributed by atoms with Gasteiger partial charge < -0.3 is 0 Å². The molecule has 0 N–H and O–H groups in total. The van der Waals surface area contributed by atoms with E-state index in [4.69, 9.17) is 9.97 Å². The first kappa shape index (κ1) is 23.0. The molecule has 0 bridgehead atoms. The molecule has 2 nitrogen and oxygen atoms in total. The van der Waals surface area contributed by atoms with Gasteiger partial charge in [0.25, 0.3) is 0 Å². The SMILES string of the molecule is Cc1cc(-c2ccccc2)cc(-c2nc(-c3c(C(C)C)cccc3C(C)C)c3ccccc3n2)c1. The Hall–Kier alpha value is -3.78. The summed E-state index contributed by atoms with van der Waals surface area (Å²) in [5.74, 6) is 1.56. The van der Waals surface area contributed by atoms with Crippen LogP contribution >= 0.6 is 0 Å². The molecule has 0 saturated heterocycles. The fourth-order valence-corrected chi connectivity index (χ4v) is 4.93. The second-order valence-electron chi connectivity index (χ2n) is 9.99. The number of rotatable bonds is 5. The number of hydrogen-bond donors (Lipinski definition) is 0. The van der Waals surface area contributed by atoms with Gasteiger partial charge in [-0.2, -0.15) is 0 Å². The summed E-state index contributed by atoms with van der Waals surface area (Å²) in [5.41, 5.74) is 10.6. The molecule has 1 heterocycles. The van der Waals surface area contributed by atoms with Crippen LogP contribution in [0.5, 0.6) is 0 Å². The molecule has 35 heavy (non-hydrogen) atoms. The zero-order valence-electron chi connectivity index (χ0n) is 21.2. The molecule has 5 rings (SSSR count). The van der Waals surface area contributed by atoms with Gasteiger partial charge in [-0.3, -0.25) is 0 Å². The van der Waals surface area contributed by atoms with E-state index in [1.54, 1.807) is 0 Å². The van der Waals surface area contributed by atoms with E-state index in [-0.39, 0.29) is 0 Å². The standard InChI is InChI=1S/C33H32N2/c1-21(2)27-15-11-16-28(22(3)4)31(27)32-29-14-9-10-17-30(29)34-33(35-32)26-19-23(5)18-25(20-26)24-12-7-6-8-13-24/h6-22H,1-5H3. The number of hydrogen-bond acceptors (Lipinski definition) is 2. The second-order valence-corrected chi connectivity index (χ2v) is 9.99. The zero-order chi connectivity index (χ0) is 24.5. The van der Waals surface area contributed by atoms with Crippen LogP contribution in [0.2, 0.25) is 0 Å². The molecule has 0 unspecified atom stereocenters. The van der Waals surface area contributed by atoms with E-state index in [0.717, 1.165) is 28.0 Å². The van der Waals surface area contributed by atoms with Crippen LogP contribution in [0, 0.1) is 6.92 Å². The van der Waals surface area contributed by atoms with Gasteiger partial charge in [-0.05, 0) is 64.8 Å². The first-order valence-corrected chi connectivity index (χ1v) is 12.5. The van der Waals surface area contributed by atoms with Crippen molar-refractivity contribution >= 4 is 10.9 Å². The van der Waals surface area contributed by atoms with E-state index < -0.39 is 0 Å². The van der Waals surface area contributed by atoms with Crippen LogP contribution in [0.4, 0.5) is 0 Å². The number of nitrogens with zero attached hydrogens (tertiary/aromatic N) is 2. The summed E-state index contributed by atoms with van der Waals surface area (Å²) in [7, 11) is 0. The van der Waals surface area contributed by atoms with Crippen molar-refractivity contribution in [3.05, 3.63) is 108 Å². The summed E-state index contributed by atoms with van der Waals surface area (Å²) in [6, 6.07) is 32.3. The highest BCUT2D eigenvalue weighted by molar-refractivity contribution is 5.95. The quantitative estimate of drug-likeness (QED) is 0.263. The van der Waals surface area contributed by atoms with Gasteiger partial charge in [0.2, 0.25) is 0 Å². The maximum atomic E-state index is 5.29. The molecular weight excluding hydrogens is 424 g/mol. The third-order valence-corrected chi connectivity index (χ3v) is 6.66. The van der Waals surface area contributed by atoms with Gasteiger partial charge in [0, 0.05) is 16.5 Å². The summed E-state index contributed by atoms with van der Waals surface area (Å²) in [4.78, 5) is 10.3. The van der Waals surface area contributed by atoms with Crippen LogP contribution < -0.4 is 0 Å². The van der Waals surface area contributed by atoms with Crippen molar-refractivity contribution in [3.8, 4) is 33.8 Å². The third-order valence-electron chi connectivity index (χ3n) is 6.66. The smallest absolute Gasteiger partial charge is 0.160 e. The Morgan fingerprint density at radius 1 is 0.571 bits per heavy atom. The molecule has 0 aliphatic carbocycles. The minimum Gasteiger partial charge on any atom is -0.228 e. The van der Waals surface area contributed by atoms with Crippen molar-refractivity contribution in [1.82, 2.24) is 9.97 Å². The Bertz CT molecular complexity index is 1470. The van der Waals surface area contributed by atoms with Crippen LogP contribution in [0.15, 0.2) is 91.0 Å². The topological polar surface area (TPSA) is 25.8 Å². The molecule has 1 aromatic heterocycles. The molecular formula is C33H32N2. The maximum Gasteiger partial charge on any atom is 0.160 e. The molecule has 5 aromatic rings. The summed E-state index contributed by atoms with van der Waals surface area (Å²) >= 11 is 0. The molecule has 0 amide bonds. The Labute approximate surface area is 208 Å². The minimum absolute atomic E-state index is 0.393. The van der Waals surface area contributed by atoms with Crippen LogP contribution in [-0.4, -0.2) is 9.97 Å². The van der Waals surface area contributed by atoms with E-state index in [2.05, 4.69) is 126 Å². The number of benzene rings is 4. The third kappa shape index (κ3) is 4.49. The van der Waals surface area contributed by atoms with Gasteiger partial charge in [0.05, 0.1) is 11.2 Å². The Morgan fingerprint density at radius 2 is 1.20 bits per heavy atom. The molecule has 4 aromatic carbocycles. The highest BCUT2D eigenvalue weighted by Gasteiger charge is 2.20. The maximum absolute atomic E-state index is 5.29. The fraction of sp³-hybridized carbons (Fsp3) is 0.212. The van der Waals surface area contributed by atoms with E-state index in [1.807, 2.05) is 0 Å². The lowest BCUT2D eigenvalue weighted by atomic mass is 9.86. The summed E-state index contributed by atoms with van der Waals surface area (Å²) in [5, 5.41) is 1.10. The van der Waals surface area contributed by atoms with E-state index in [1.165, 1.54) is 33.4 Å². The Kier molecular flexibility index (Phi) is 6.21. The van der Waals surface area contributed by atoms with Gasteiger partial charge in [-0.1, -0.05) is 100 Å². The van der Waals surface area contributed by atoms with Crippen LogP contribution in [-0.2, 0) is 0 Å². The highest BCUT2D eigenvalue weighted by Crippen LogP contribution is 2.39. The lowest BCUT2D eigenvalue weighted by Gasteiger charge is -2.21. The lowest BCUT2D eigenvalue weighted by molar-refractivity contribution is 0.836. The van der Waals surface area contributed by atoms with Crippen molar-refractivity contribution in [1.29, 1.82) is 0 Å². The summed E-state index contributed by atoms with van der Waals surface area (Å²) < 4.78 is 0. The van der Waals surface area contributed by atoms with Crippen LogP contribution in [0.3, 0.4) is 0 Å². The van der Waals surface area contributed by atoms with Crippen LogP contribution in [0.1, 0.15) is 56.2 Å². The molecule has 174 valence electrons. The van der Waals surface area contributed by atoms with Gasteiger partial charge in [-0.25, -0.2) is 9.97 Å². The largest absolute Gasteiger partial charge is 0.228 e. The monoisotopic (exact) mass is 456 g/mol. The highest BCUT2D eigenvalue weighted by atomic mass is 14.9. The van der Waals surface area contributed by atoms with Gasteiger partial charge in [0.1, 0.15) is 0 Å². The molecule has 0 spiro atoms. The van der Waals surface area contributed by atoms with Gasteiger partial charge in [-0.15, -0.1) is 0 Å². The fourth-order valence-electron chi connectivity index (χ4n) is 4.93. The van der Waals surface area contributed by atoms with Crippen molar-refractivity contribution in [3.63, 3.8) is 0 Å². The van der Waals surface area contributed by atoms with E-state index in [9.17, 15) is 0 Å². The normalized spacial score (nSPS) is 11.5. The number of aryl methyl sites for hydroxylation is 1. The predicted molar refractivity (Wildman–Crippen MR) is 149 cm³/mol. The first-order chi connectivity index (χ1) is 16.9. The number of aromatic nitrogens is 2. The second kappa shape index (κ2) is 9.46. The minimum atomic E-state index is 0.393. The Balaban J connectivity index is 1.80. The molecule has 0 radical (unpaired) electrons. The van der Waals surface area contributed by atoms with E-state index in [0.29, 0.717) is 11.8 Å². The van der Waals surface area contributed by atoms with Crippen molar-refractivity contribution in [2.24, 2.45) is 0 Å². The van der Waals surface area contributed by atoms with E-state index >= 15 is 0 Å². The summed E-state index contributed by atoms with van der Waals surface area (Å²) in [6.07, 6.45) is 0. The predicted octanol–water partition coefficient (Wildman–Crippen LogP) is 9.19. The first-order valence-electron chi connectivity index (χ1n) is 12.5. The summed E-state index contributed by atoms with van der Waals surface area (Å²) in [6.45, 7) is 11.2. The van der Waals surface area contributed by atoms with Gasteiger partial charge in [0.15, 0.2) is 5.82 Å². The molecule has 2 heteroatoms. The lowest BCUT2D eigenvalue weighted by Crippen LogP contribution is -2.03. The molecule has 0 aliphatic heterocycles. The van der Waals surface area contributed by atoms with Gasteiger partial charge >= 0.3 is 0 Å². The Morgan fingerprint density at radius 3 is 1.89 bits per heavy atom. The number of fused-ring (bicyclic) bond motifs is 1. The average Bonchev–Trinajstić information content (AvgIpc) is 2.87. The average molecular weight is 457 g/mol. The van der Waals surface area contributed by atoms with Crippen LogP contribution in [0.25, 0.3) is 44.7 Å². The van der Waals surface area contributed by atoms with Crippen molar-refractivity contribution in [2.45, 2.75) is 46.5 Å². The molecule has 0 fully saturated rings. The van der Waals surface area contributed by atoms with Crippen molar-refractivity contribution in [2.75, 3.05) is 0 Å². The zero-order valence-corrected chi connectivity index (χ0v) is 21.2. The molecule has 0 aliphatic rings. The van der Waals surface area contributed by atoms with Crippen molar-refractivity contribution < 1.29 is 0 Å². The molecule has 0 atom stereocenters. The number of para-hydroxylation sites is 1.